The van der Waals surface area contributed by atoms with Crippen molar-refractivity contribution in [1.29, 1.82) is 5.41 Å². The third-order valence-corrected chi connectivity index (χ3v) is 7.99. The lowest BCUT2D eigenvalue weighted by Gasteiger charge is -2.24. The van der Waals surface area contributed by atoms with Gasteiger partial charge in [-0.3, -0.25) is 15.0 Å². The number of hydrogen-bond donors (Lipinski definition) is 1. The summed E-state index contributed by atoms with van der Waals surface area (Å²) in [5, 5.41) is 15.4. The number of halogens is 2. The van der Waals surface area contributed by atoms with Gasteiger partial charge in [0, 0.05) is 22.3 Å². The molecule has 182 valence electrons. The zero-order chi connectivity index (χ0) is 25.4. The Bertz CT molecular complexity index is 1380. The largest absolute Gasteiger partial charge is 0.277 e. The molecule has 2 aliphatic rings. The predicted octanol–water partition coefficient (Wildman–Crippen LogP) is 6.56. The van der Waals surface area contributed by atoms with E-state index in [4.69, 9.17) is 22.1 Å². The number of thioether (sulfide) groups is 1. The summed E-state index contributed by atoms with van der Waals surface area (Å²) < 4.78 is 0.783. The first-order chi connectivity index (χ1) is 17.3. The zero-order valence-corrected chi connectivity index (χ0v) is 22.5. The highest BCUT2D eigenvalue weighted by atomic mass is 79.9. The second-order valence-corrected chi connectivity index (χ2v) is 11.2. The SMILES string of the molecule is Cc1ccc(C2=NN(C(=N)S[C@H]3CC(=O)N(c4cccc(Br)c4)C3=O)[C@H](c3ccc(Cl)cc3)C2)cc1. The van der Waals surface area contributed by atoms with Crippen LogP contribution in [0.15, 0.2) is 82.4 Å². The first-order valence-electron chi connectivity index (χ1n) is 11.4. The summed E-state index contributed by atoms with van der Waals surface area (Å²) in [4.78, 5) is 27.1. The first kappa shape index (κ1) is 24.7. The fraction of sp³-hybridized carbons (Fsp3) is 0.185. The van der Waals surface area contributed by atoms with Gasteiger partial charge in [-0.2, -0.15) is 5.10 Å². The summed E-state index contributed by atoms with van der Waals surface area (Å²) in [7, 11) is 0. The highest BCUT2D eigenvalue weighted by Crippen LogP contribution is 2.38. The summed E-state index contributed by atoms with van der Waals surface area (Å²) in [6.45, 7) is 2.03. The Labute approximate surface area is 227 Å². The lowest BCUT2D eigenvalue weighted by Crippen LogP contribution is -2.32. The highest BCUT2D eigenvalue weighted by Gasteiger charge is 2.42. The van der Waals surface area contributed by atoms with E-state index in [1.54, 1.807) is 23.2 Å². The monoisotopic (exact) mass is 580 g/mol. The molecule has 1 saturated heterocycles. The van der Waals surface area contributed by atoms with Crippen molar-refractivity contribution < 1.29 is 9.59 Å². The van der Waals surface area contributed by atoms with Crippen LogP contribution in [-0.4, -0.2) is 33.0 Å². The second kappa shape index (κ2) is 10.2. The molecule has 0 radical (unpaired) electrons. The number of anilines is 1. The Morgan fingerprint density at radius 2 is 1.78 bits per heavy atom. The van der Waals surface area contributed by atoms with Gasteiger partial charge in [0.25, 0.3) is 0 Å². The maximum atomic E-state index is 13.2. The van der Waals surface area contributed by atoms with Crippen molar-refractivity contribution in [1.82, 2.24) is 5.01 Å². The summed E-state index contributed by atoms with van der Waals surface area (Å²) in [5.41, 5.74) is 4.51. The van der Waals surface area contributed by atoms with Crippen LogP contribution in [0.5, 0.6) is 0 Å². The lowest BCUT2D eigenvalue weighted by molar-refractivity contribution is -0.121. The second-order valence-electron chi connectivity index (χ2n) is 8.69. The van der Waals surface area contributed by atoms with Crippen molar-refractivity contribution in [3.8, 4) is 0 Å². The van der Waals surface area contributed by atoms with Crippen molar-refractivity contribution in [3.63, 3.8) is 0 Å². The Morgan fingerprint density at radius 3 is 2.47 bits per heavy atom. The van der Waals surface area contributed by atoms with Gasteiger partial charge in [-0.1, -0.05) is 87.3 Å². The number of rotatable bonds is 4. The summed E-state index contributed by atoms with van der Waals surface area (Å²) in [6.07, 6.45) is 0.641. The van der Waals surface area contributed by atoms with Crippen molar-refractivity contribution >= 4 is 67.7 Å². The number of amides is 2. The number of amidine groups is 1. The molecule has 0 saturated carbocycles. The van der Waals surface area contributed by atoms with Gasteiger partial charge in [-0.25, -0.2) is 9.91 Å². The van der Waals surface area contributed by atoms with Crippen LogP contribution in [-0.2, 0) is 9.59 Å². The van der Waals surface area contributed by atoms with Crippen LogP contribution in [0, 0.1) is 12.3 Å². The molecule has 6 nitrogen and oxygen atoms in total. The standard InChI is InChI=1S/C27H22BrClN4O2S/c1-16-5-7-17(8-6-16)22-14-23(18-9-11-20(29)12-10-18)33(31-22)27(30)36-24-15-25(34)32(26(24)35)21-4-2-3-19(28)13-21/h2-13,23-24,30H,14-15H2,1H3/t23-,24-/m0/s1. The average molecular weight is 582 g/mol. The van der Waals surface area contributed by atoms with Crippen LogP contribution in [0.2, 0.25) is 5.02 Å². The van der Waals surface area contributed by atoms with Gasteiger partial charge in [0.15, 0.2) is 5.17 Å². The van der Waals surface area contributed by atoms with E-state index >= 15 is 0 Å². The Balaban J connectivity index is 1.40. The molecule has 0 unspecified atom stereocenters. The third kappa shape index (κ3) is 4.98. The first-order valence-corrected chi connectivity index (χ1v) is 13.4. The van der Waals surface area contributed by atoms with Gasteiger partial charge in [0.05, 0.1) is 17.4 Å². The Kier molecular flexibility index (Phi) is 7.01. The normalized spacial score (nSPS) is 19.7. The number of benzene rings is 3. The van der Waals surface area contributed by atoms with E-state index in [1.165, 1.54) is 4.90 Å². The van der Waals surface area contributed by atoms with Gasteiger partial charge in [0.1, 0.15) is 5.25 Å². The van der Waals surface area contributed by atoms with Crippen molar-refractivity contribution in [2.24, 2.45) is 5.10 Å². The molecule has 5 rings (SSSR count). The van der Waals surface area contributed by atoms with Crippen LogP contribution in [0.25, 0.3) is 0 Å². The van der Waals surface area contributed by atoms with Crippen molar-refractivity contribution in [3.05, 3.63) is 99.0 Å². The van der Waals surface area contributed by atoms with E-state index in [2.05, 4.69) is 15.9 Å². The number of aryl methyl sites for hydroxylation is 1. The molecule has 2 aliphatic heterocycles. The number of nitrogens with one attached hydrogen (secondary N) is 1. The molecule has 3 aromatic carbocycles. The molecule has 2 atom stereocenters. The van der Waals surface area contributed by atoms with E-state index in [0.717, 1.165) is 38.6 Å². The molecule has 2 amide bonds. The minimum atomic E-state index is -0.687. The van der Waals surface area contributed by atoms with Crippen molar-refractivity contribution in [2.45, 2.75) is 31.1 Å². The fourth-order valence-corrected chi connectivity index (χ4v) is 5.82. The van der Waals surface area contributed by atoms with E-state index in [-0.39, 0.29) is 29.4 Å². The number of hydrazone groups is 1. The maximum absolute atomic E-state index is 13.2. The molecular formula is C27H22BrClN4O2S. The van der Waals surface area contributed by atoms with Gasteiger partial charge < -0.3 is 0 Å². The predicted molar refractivity (Wildman–Crippen MR) is 149 cm³/mol. The third-order valence-electron chi connectivity index (χ3n) is 6.18. The average Bonchev–Trinajstić information content (AvgIpc) is 3.41. The maximum Gasteiger partial charge on any atom is 0.247 e. The minimum absolute atomic E-state index is 0.0341. The molecular weight excluding hydrogens is 560 g/mol. The lowest BCUT2D eigenvalue weighted by atomic mass is 9.98. The molecule has 36 heavy (non-hydrogen) atoms. The van der Waals surface area contributed by atoms with E-state index < -0.39 is 5.25 Å². The topological polar surface area (TPSA) is 76.8 Å². The van der Waals surface area contributed by atoms with Crippen LogP contribution in [0.4, 0.5) is 5.69 Å². The van der Waals surface area contributed by atoms with E-state index in [9.17, 15) is 9.59 Å². The van der Waals surface area contributed by atoms with Crippen molar-refractivity contribution in [2.75, 3.05) is 4.90 Å². The Hall–Kier alpha value is -2.94. The number of nitrogens with zero attached hydrogens (tertiary/aromatic N) is 3. The fourth-order valence-electron chi connectivity index (χ4n) is 4.33. The van der Waals surface area contributed by atoms with E-state index in [0.29, 0.717) is 17.1 Å². The molecule has 0 bridgehead atoms. The molecule has 3 aromatic rings. The van der Waals surface area contributed by atoms with Gasteiger partial charge in [-0.15, -0.1) is 0 Å². The number of carbonyl (C=O) groups is 2. The van der Waals surface area contributed by atoms with Crippen LogP contribution >= 0.6 is 39.3 Å². The molecule has 1 fully saturated rings. The van der Waals surface area contributed by atoms with Gasteiger partial charge in [-0.05, 0) is 48.4 Å². The van der Waals surface area contributed by atoms with Gasteiger partial charge in [0.2, 0.25) is 11.8 Å². The smallest absolute Gasteiger partial charge is 0.247 e. The zero-order valence-electron chi connectivity index (χ0n) is 19.3. The van der Waals surface area contributed by atoms with Crippen LogP contribution in [0.1, 0.15) is 35.6 Å². The summed E-state index contributed by atoms with van der Waals surface area (Å²) in [5.74, 6) is -0.597. The molecule has 2 heterocycles. The molecule has 0 aliphatic carbocycles. The number of carbonyl (C=O) groups excluding carboxylic acids is 2. The Morgan fingerprint density at radius 1 is 1.06 bits per heavy atom. The minimum Gasteiger partial charge on any atom is -0.277 e. The van der Waals surface area contributed by atoms with Gasteiger partial charge >= 0.3 is 0 Å². The summed E-state index contributed by atoms with van der Waals surface area (Å²) in [6, 6.07) is 22.5. The molecule has 0 aromatic heterocycles. The molecule has 9 heteroatoms. The van der Waals surface area contributed by atoms with Crippen LogP contribution in [0.3, 0.4) is 0 Å². The summed E-state index contributed by atoms with van der Waals surface area (Å²) >= 11 is 10.6. The molecule has 0 spiro atoms. The quantitative estimate of drug-likeness (QED) is 0.215. The number of imide groups is 1. The molecule has 1 N–H and O–H groups in total. The van der Waals surface area contributed by atoms with E-state index in [1.807, 2.05) is 61.5 Å². The number of hydrogen-bond acceptors (Lipinski definition) is 5. The van der Waals surface area contributed by atoms with Crippen LogP contribution < -0.4 is 4.90 Å². The highest BCUT2D eigenvalue weighted by molar-refractivity contribution is 9.10.